The number of hydrogen-bond acceptors (Lipinski definition) is 3. The van der Waals surface area contributed by atoms with Gasteiger partial charge in [-0.1, -0.05) is 91.2 Å². The van der Waals surface area contributed by atoms with Gasteiger partial charge in [-0.15, -0.1) is 0 Å². The van der Waals surface area contributed by atoms with Crippen LogP contribution in [0.15, 0.2) is 11.6 Å². The minimum Gasteiger partial charge on any atom is -0.436 e. The predicted molar refractivity (Wildman–Crippen MR) is 120 cm³/mol. The molecule has 0 aromatic rings. The standard InChI is InChI=1S/C25H48O3/c1-7-24(26)28-25(27)19-11-18-23(6)17-10-16-22(5)15-9-14-21(4)13-8-12-20(2)3/h18,20-22,24,26H,7-17,19H2,1-6H3. The Balaban J connectivity index is 3.73. The Hall–Kier alpha value is -0.830. The molecule has 28 heavy (non-hydrogen) atoms. The van der Waals surface area contributed by atoms with E-state index >= 15 is 0 Å². The largest absolute Gasteiger partial charge is 0.436 e. The molecule has 0 amide bonds. The van der Waals surface area contributed by atoms with Crippen LogP contribution in [-0.4, -0.2) is 17.4 Å². The summed E-state index contributed by atoms with van der Waals surface area (Å²) in [4.78, 5) is 11.5. The molecule has 0 bridgehead atoms. The van der Waals surface area contributed by atoms with E-state index in [9.17, 15) is 9.90 Å². The monoisotopic (exact) mass is 396 g/mol. The van der Waals surface area contributed by atoms with Crippen molar-refractivity contribution in [1.29, 1.82) is 0 Å². The topological polar surface area (TPSA) is 46.5 Å². The van der Waals surface area contributed by atoms with Crippen molar-refractivity contribution in [3.8, 4) is 0 Å². The molecule has 3 heteroatoms. The second-order valence-electron chi connectivity index (χ2n) is 9.30. The highest BCUT2D eigenvalue weighted by molar-refractivity contribution is 5.69. The summed E-state index contributed by atoms with van der Waals surface area (Å²) in [5, 5.41) is 9.30. The molecule has 0 saturated carbocycles. The van der Waals surface area contributed by atoms with Crippen LogP contribution in [0, 0.1) is 17.8 Å². The molecule has 0 saturated heterocycles. The molecule has 0 rings (SSSR count). The van der Waals surface area contributed by atoms with E-state index in [4.69, 9.17) is 4.74 Å². The highest BCUT2D eigenvalue weighted by Crippen LogP contribution is 2.22. The Morgan fingerprint density at radius 2 is 1.43 bits per heavy atom. The molecule has 0 fully saturated rings. The maximum absolute atomic E-state index is 11.5. The fourth-order valence-corrected chi connectivity index (χ4v) is 3.54. The summed E-state index contributed by atoms with van der Waals surface area (Å²) in [6.45, 7) is 13.4. The SMILES string of the molecule is CCC(O)OC(=O)CCC=C(C)CCCC(C)CCCC(C)CCCC(C)C. The molecule has 166 valence electrons. The molecular weight excluding hydrogens is 348 g/mol. The van der Waals surface area contributed by atoms with Crippen molar-refractivity contribution < 1.29 is 14.6 Å². The number of carbonyl (C=O) groups is 1. The van der Waals surface area contributed by atoms with E-state index in [2.05, 4.69) is 40.7 Å². The number of esters is 1. The van der Waals surface area contributed by atoms with Gasteiger partial charge in [0, 0.05) is 12.8 Å². The van der Waals surface area contributed by atoms with Crippen LogP contribution in [0.4, 0.5) is 0 Å². The van der Waals surface area contributed by atoms with E-state index in [0.717, 1.165) is 24.2 Å². The minimum atomic E-state index is -0.956. The van der Waals surface area contributed by atoms with Gasteiger partial charge in [-0.05, 0) is 43.9 Å². The van der Waals surface area contributed by atoms with Crippen molar-refractivity contribution >= 4 is 5.97 Å². The molecular formula is C25H48O3. The molecule has 3 nitrogen and oxygen atoms in total. The molecule has 0 aromatic heterocycles. The van der Waals surface area contributed by atoms with Gasteiger partial charge in [0.25, 0.3) is 0 Å². The maximum atomic E-state index is 11.5. The van der Waals surface area contributed by atoms with Crippen LogP contribution < -0.4 is 0 Å². The fraction of sp³-hybridized carbons (Fsp3) is 0.880. The summed E-state index contributed by atoms with van der Waals surface area (Å²) in [6.07, 6.45) is 14.5. The van der Waals surface area contributed by atoms with E-state index in [-0.39, 0.29) is 5.97 Å². The molecule has 0 aromatic carbocycles. The molecule has 0 spiro atoms. The number of ether oxygens (including phenoxy) is 1. The van der Waals surface area contributed by atoms with Crippen molar-refractivity contribution in [2.24, 2.45) is 17.8 Å². The van der Waals surface area contributed by atoms with E-state index in [1.807, 2.05) is 0 Å². The summed E-state index contributed by atoms with van der Waals surface area (Å²) in [5.74, 6) is 2.21. The van der Waals surface area contributed by atoms with Gasteiger partial charge in [0.15, 0.2) is 6.29 Å². The first kappa shape index (κ1) is 27.2. The van der Waals surface area contributed by atoms with E-state index in [1.54, 1.807) is 6.92 Å². The molecule has 3 atom stereocenters. The van der Waals surface area contributed by atoms with Crippen molar-refractivity contribution in [3.05, 3.63) is 11.6 Å². The van der Waals surface area contributed by atoms with Crippen LogP contribution in [0.5, 0.6) is 0 Å². The normalized spacial score (nSPS) is 15.5. The van der Waals surface area contributed by atoms with Gasteiger partial charge in [0.2, 0.25) is 0 Å². The maximum Gasteiger partial charge on any atom is 0.308 e. The van der Waals surface area contributed by atoms with Crippen molar-refractivity contribution in [1.82, 2.24) is 0 Å². The third-order valence-corrected chi connectivity index (χ3v) is 5.60. The van der Waals surface area contributed by atoms with Crippen LogP contribution >= 0.6 is 0 Å². The molecule has 0 aliphatic heterocycles. The van der Waals surface area contributed by atoms with Crippen LogP contribution in [0.1, 0.15) is 119 Å². The third kappa shape index (κ3) is 17.3. The first-order valence-corrected chi connectivity index (χ1v) is 11.8. The number of aliphatic hydroxyl groups excluding tert-OH is 1. The van der Waals surface area contributed by atoms with Crippen molar-refractivity contribution in [3.63, 3.8) is 0 Å². The van der Waals surface area contributed by atoms with E-state index < -0.39 is 6.29 Å². The Labute approximate surface area is 175 Å². The summed E-state index contributed by atoms with van der Waals surface area (Å²) in [7, 11) is 0. The number of rotatable bonds is 17. The van der Waals surface area contributed by atoms with Gasteiger partial charge in [-0.2, -0.15) is 0 Å². The molecule has 0 aliphatic carbocycles. The van der Waals surface area contributed by atoms with Crippen molar-refractivity contribution in [2.45, 2.75) is 125 Å². The average molecular weight is 397 g/mol. The fourth-order valence-electron chi connectivity index (χ4n) is 3.54. The second kappa shape index (κ2) is 17.1. The lowest BCUT2D eigenvalue weighted by Gasteiger charge is -2.15. The van der Waals surface area contributed by atoms with Gasteiger partial charge in [0.05, 0.1) is 0 Å². The van der Waals surface area contributed by atoms with E-state index in [1.165, 1.54) is 56.9 Å². The Bertz CT molecular complexity index is 414. The number of hydrogen-bond donors (Lipinski definition) is 1. The number of aliphatic hydroxyl groups is 1. The van der Waals surface area contributed by atoms with Crippen LogP contribution in [0.2, 0.25) is 0 Å². The molecule has 0 radical (unpaired) electrons. The first-order chi connectivity index (χ1) is 13.2. The van der Waals surface area contributed by atoms with Crippen LogP contribution in [0.25, 0.3) is 0 Å². The zero-order valence-corrected chi connectivity index (χ0v) is 19.6. The molecule has 0 aliphatic rings. The lowest BCUT2D eigenvalue weighted by Crippen LogP contribution is -2.15. The number of carbonyl (C=O) groups excluding carboxylic acids is 1. The van der Waals surface area contributed by atoms with E-state index in [0.29, 0.717) is 19.3 Å². The first-order valence-electron chi connectivity index (χ1n) is 11.8. The quantitative estimate of drug-likeness (QED) is 0.158. The Morgan fingerprint density at radius 3 is 1.96 bits per heavy atom. The number of allylic oxidation sites excluding steroid dienone is 2. The Kier molecular flexibility index (Phi) is 16.6. The lowest BCUT2D eigenvalue weighted by atomic mass is 9.91. The van der Waals surface area contributed by atoms with Gasteiger partial charge in [-0.25, -0.2) is 0 Å². The van der Waals surface area contributed by atoms with Gasteiger partial charge in [0.1, 0.15) is 0 Å². The Morgan fingerprint density at radius 1 is 0.893 bits per heavy atom. The molecule has 3 unspecified atom stereocenters. The van der Waals surface area contributed by atoms with Crippen molar-refractivity contribution in [2.75, 3.05) is 0 Å². The predicted octanol–water partition coefficient (Wildman–Crippen LogP) is 7.42. The highest BCUT2D eigenvalue weighted by atomic mass is 16.6. The van der Waals surface area contributed by atoms with Gasteiger partial charge in [-0.3, -0.25) is 4.79 Å². The molecule has 0 heterocycles. The summed E-state index contributed by atoms with van der Waals surface area (Å²) in [5.41, 5.74) is 1.36. The summed E-state index contributed by atoms with van der Waals surface area (Å²) in [6, 6.07) is 0. The summed E-state index contributed by atoms with van der Waals surface area (Å²) >= 11 is 0. The third-order valence-electron chi connectivity index (χ3n) is 5.60. The van der Waals surface area contributed by atoms with Gasteiger partial charge < -0.3 is 9.84 Å². The van der Waals surface area contributed by atoms with Gasteiger partial charge >= 0.3 is 5.97 Å². The molecule has 1 N–H and O–H groups in total. The zero-order valence-electron chi connectivity index (χ0n) is 19.6. The average Bonchev–Trinajstić information content (AvgIpc) is 2.61. The summed E-state index contributed by atoms with van der Waals surface area (Å²) < 4.78 is 4.87. The van der Waals surface area contributed by atoms with Crippen LogP contribution in [0.3, 0.4) is 0 Å². The zero-order chi connectivity index (χ0) is 21.4. The second-order valence-corrected chi connectivity index (χ2v) is 9.30. The van der Waals surface area contributed by atoms with Crippen LogP contribution in [-0.2, 0) is 9.53 Å². The minimum absolute atomic E-state index is 0.314. The lowest BCUT2D eigenvalue weighted by molar-refractivity contribution is -0.167. The highest BCUT2D eigenvalue weighted by Gasteiger charge is 2.08. The smallest absolute Gasteiger partial charge is 0.308 e.